The van der Waals surface area contributed by atoms with Crippen molar-refractivity contribution in [2.45, 2.75) is 18.9 Å². The lowest BCUT2D eigenvalue weighted by molar-refractivity contribution is 0.0901. The van der Waals surface area contributed by atoms with Gasteiger partial charge in [0.05, 0.1) is 17.0 Å². The fraction of sp³-hybridized carbons (Fsp3) is 0.600. The highest BCUT2D eigenvalue weighted by Crippen LogP contribution is 2.23. The minimum Gasteiger partial charge on any atom is -0.343 e. The van der Waals surface area contributed by atoms with Gasteiger partial charge in [-0.25, -0.2) is 13.4 Å². The van der Waals surface area contributed by atoms with E-state index in [0.717, 1.165) is 0 Å². The second-order valence-corrected chi connectivity index (χ2v) is 6.90. The van der Waals surface area contributed by atoms with Crippen molar-refractivity contribution in [2.24, 2.45) is 7.05 Å². The number of carbonyl (C=O) groups excluding carboxylic acids is 1. The molecular weight excluding hydrogens is 242 g/mol. The molecule has 1 atom stereocenters. The predicted molar refractivity (Wildman–Crippen MR) is 62.4 cm³/mol. The third kappa shape index (κ3) is 2.49. The zero-order valence-corrected chi connectivity index (χ0v) is 10.6. The van der Waals surface area contributed by atoms with E-state index in [1.165, 1.54) is 6.20 Å². The van der Waals surface area contributed by atoms with Gasteiger partial charge in [-0.05, 0) is 13.3 Å². The van der Waals surface area contributed by atoms with E-state index in [1.54, 1.807) is 24.7 Å². The summed E-state index contributed by atoms with van der Waals surface area (Å²) in [5.74, 6) is 0.0770. The maximum absolute atomic E-state index is 11.9. The quantitative estimate of drug-likeness (QED) is 0.790. The number of sulfone groups is 1. The zero-order valence-electron chi connectivity index (χ0n) is 9.80. The number of nitrogens with zero attached hydrogens (tertiary/aromatic N) is 2. The Kier molecular flexibility index (Phi) is 2.73. The van der Waals surface area contributed by atoms with Gasteiger partial charge in [-0.15, -0.1) is 0 Å². The van der Waals surface area contributed by atoms with Crippen molar-refractivity contribution in [3.63, 3.8) is 0 Å². The molecule has 1 aromatic rings. The van der Waals surface area contributed by atoms with Crippen LogP contribution in [-0.4, -0.2) is 40.9 Å². The molecule has 0 aromatic carbocycles. The summed E-state index contributed by atoms with van der Waals surface area (Å²) in [6.07, 6.45) is 3.65. The summed E-state index contributed by atoms with van der Waals surface area (Å²) < 4.78 is 24.4. The maximum Gasteiger partial charge on any atom is 0.287 e. The highest BCUT2D eigenvalue weighted by molar-refractivity contribution is 7.91. The van der Waals surface area contributed by atoms with Gasteiger partial charge in [-0.3, -0.25) is 4.79 Å². The van der Waals surface area contributed by atoms with E-state index in [9.17, 15) is 13.2 Å². The lowest BCUT2D eigenvalue weighted by Crippen LogP contribution is -2.47. The molecule has 2 rings (SSSR count). The van der Waals surface area contributed by atoms with Crippen LogP contribution in [0.5, 0.6) is 0 Å². The second-order valence-electron chi connectivity index (χ2n) is 4.72. The maximum atomic E-state index is 11.9. The van der Waals surface area contributed by atoms with Crippen LogP contribution in [0, 0.1) is 0 Å². The Morgan fingerprint density at radius 2 is 2.29 bits per heavy atom. The molecule has 1 saturated heterocycles. The fourth-order valence-electron chi connectivity index (χ4n) is 2.02. The lowest BCUT2D eigenvalue weighted by atomic mass is 10.0. The Balaban J connectivity index is 2.13. The highest BCUT2D eigenvalue weighted by Gasteiger charge is 2.39. The first kappa shape index (κ1) is 12.1. The normalized spacial score (nSPS) is 26.9. The number of aryl methyl sites for hydroxylation is 1. The zero-order chi connectivity index (χ0) is 12.7. The second kappa shape index (κ2) is 3.83. The lowest BCUT2D eigenvalue weighted by Gasteiger charge is -2.23. The molecule has 0 unspecified atom stereocenters. The Hall–Kier alpha value is -1.37. The van der Waals surface area contributed by atoms with Gasteiger partial charge in [0.1, 0.15) is 0 Å². The van der Waals surface area contributed by atoms with Crippen molar-refractivity contribution in [3.05, 3.63) is 18.2 Å². The Morgan fingerprint density at radius 3 is 2.76 bits per heavy atom. The molecule has 0 spiro atoms. The van der Waals surface area contributed by atoms with Crippen molar-refractivity contribution in [1.29, 1.82) is 0 Å². The topological polar surface area (TPSA) is 81.1 Å². The van der Waals surface area contributed by atoms with Gasteiger partial charge >= 0.3 is 0 Å². The summed E-state index contributed by atoms with van der Waals surface area (Å²) in [6, 6.07) is 0. The van der Waals surface area contributed by atoms with Crippen LogP contribution in [0.2, 0.25) is 0 Å². The molecular formula is C10H15N3O3S. The third-order valence-corrected chi connectivity index (χ3v) is 4.85. The highest BCUT2D eigenvalue weighted by atomic mass is 32.2. The van der Waals surface area contributed by atoms with Crippen molar-refractivity contribution in [3.8, 4) is 0 Å². The van der Waals surface area contributed by atoms with Crippen molar-refractivity contribution in [2.75, 3.05) is 11.5 Å². The summed E-state index contributed by atoms with van der Waals surface area (Å²) in [6.45, 7) is 1.75. The fourth-order valence-corrected chi connectivity index (χ4v) is 4.12. The van der Waals surface area contributed by atoms with Crippen LogP contribution in [0.1, 0.15) is 24.0 Å². The van der Waals surface area contributed by atoms with Crippen molar-refractivity contribution < 1.29 is 13.2 Å². The van der Waals surface area contributed by atoms with Crippen LogP contribution in [0.15, 0.2) is 12.4 Å². The molecule has 17 heavy (non-hydrogen) atoms. The number of amides is 1. The van der Waals surface area contributed by atoms with E-state index >= 15 is 0 Å². The summed E-state index contributed by atoms with van der Waals surface area (Å²) in [5, 5.41) is 2.75. The monoisotopic (exact) mass is 257 g/mol. The van der Waals surface area contributed by atoms with Crippen LogP contribution in [0.4, 0.5) is 0 Å². The first-order valence-electron chi connectivity index (χ1n) is 5.32. The molecule has 1 N–H and O–H groups in total. The Morgan fingerprint density at radius 1 is 1.59 bits per heavy atom. The van der Waals surface area contributed by atoms with Crippen molar-refractivity contribution >= 4 is 15.7 Å². The number of rotatable bonds is 2. The number of carbonyl (C=O) groups is 1. The number of imidazole rings is 1. The third-order valence-electron chi connectivity index (χ3n) is 2.94. The average Bonchev–Trinajstić information content (AvgIpc) is 2.70. The molecule has 0 aliphatic carbocycles. The van der Waals surface area contributed by atoms with Crippen LogP contribution in [0.25, 0.3) is 0 Å². The first-order chi connectivity index (χ1) is 7.81. The molecule has 94 valence electrons. The summed E-state index contributed by atoms with van der Waals surface area (Å²) in [5.41, 5.74) is -0.679. The molecule has 1 fully saturated rings. The van der Waals surface area contributed by atoms with Gasteiger partial charge in [-0.2, -0.15) is 0 Å². The van der Waals surface area contributed by atoms with Gasteiger partial charge in [0.2, 0.25) is 0 Å². The molecule has 0 bridgehead atoms. The molecule has 2 heterocycles. The number of aromatic nitrogens is 2. The molecule has 0 radical (unpaired) electrons. The summed E-state index contributed by atoms with van der Waals surface area (Å²) in [7, 11) is -1.30. The van der Waals surface area contributed by atoms with Gasteiger partial charge in [0.15, 0.2) is 15.7 Å². The van der Waals surface area contributed by atoms with Gasteiger partial charge in [0.25, 0.3) is 5.91 Å². The van der Waals surface area contributed by atoms with Crippen LogP contribution < -0.4 is 5.32 Å². The van der Waals surface area contributed by atoms with Crippen LogP contribution >= 0.6 is 0 Å². The largest absolute Gasteiger partial charge is 0.343 e. The minimum absolute atomic E-state index is 0.00381. The molecule has 1 aromatic heterocycles. The van der Waals surface area contributed by atoms with E-state index in [4.69, 9.17) is 0 Å². The van der Waals surface area contributed by atoms with E-state index in [-0.39, 0.29) is 23.2 Å². The van der Waals surface area contributed by atoms with E-state index in [0.29, 0.717) is 6.42 Å². The van der Waals surface area contributed by atoms with E-state index < -0.39 is 15.4 Å². The Bertz CT molecular complexity index is 549. The minimum atomic E-state index is -3.02. The Labute approximate surface area is 100.0 Å². The van der Waals surface area contributed by atoms with E-state index in [1.807, 2.05) is 0 Å². The molecule has 6 nitrogen and oxygen atoms in total. The molecule has 1 amide bonds. The number of hydrogen-bond acceptors (Lipinski definition) is 4. The van der Waals surface area contributed by atoms with E-state index in [2.05, 4.69) is 10.3 Å². The summed E-state index contributed by atoms with van der Waals surface area (Å²) in [4.78, 5) is 15.8. The SMILES string of the molecule is Cn1ccnc1C(=O)N[C@@]1(C)CCS(=O)(=O)C1. The number of hydrogen-bond donors (Lipinski definition) is 1. The molecule has 0 saturated carbocycles. The smallest absolute Gasteiger partial charge is 0.287 e. The van der Waals surface area contributed by atoms with Gasteiger partial charge in [-0.1, -0.05) is 0 Å². The first-order valence-corrected chi connectivity index (χ1v) is 7.14. The van der Waals surface area contributed by atoms with Gasteiger partial charge < -0.3 is 9.88 Å². The standard InChI is InChI=1S/C10H15N3O3S/c1-10(3-6-17(15,16)7-10)12-9(14)8-11-4-5-13(8)2/h4-5H,3,6-7H2,1-2H3,(H,12,14)/t10-/m0/s1. The van der Waals surface area contributed by atoms with Crippen molar-refractivity contribution in [1.82, 2.24) is 14.9 Å². The summed E-state index contributed by atoms with van der Waals surface area (Å²) >= 11 is 0. The number of nitrogens with one attached hydrogen (secondary N) is 1. The van der Waals surface area contributed by atoms with Crippen LogP contribution in [0.3, 0.4) is 0 Å². The molecule has 1 aliphatic heterocycles. The predicted octanol–water partition coefficient (Wildman–Crippen LogP) is -0.273. The molecule has 7 heteroatoms. The van der Waals surface area contributed by atoms with Crippen LogP contribution in [-0.2, 0) is 16.9 Å². The van der Waals surface area contributed by atoms with Gasteiger partial charge in [0, 0.05) is 19.4 Å². The molecule has 1 aliphatic rings. The average molecular weight is 257 g/mol.